The smallest absolute Gasteiger partial charge is 0.191 e. The summed E-state index contributed by atoms with van der Waals surface area (Å²) in [6, 6.07) is 4.03. The molecule has 0 aliphatic carbocycles. The average molecular weight is 401 g/mol. The molecule has 0 radical (unpaired) electrons. The fourth-order valence-electron chi connectivity index (χ4n) is 3.21. The first-order chi connectivity index (χ1) is 12.9. The molecular weight excluding hydrogens is 376 g/mol. The highest BCUT2D eigenvalue weighted by Gasteiger charge is 2.31. The van der Waals surface area contributed by atoms with E-state index in [0.29, 0.717) is 18.4 Å². The number of nitrogens with one attached hydrogen (secondary N) is 1. The second kappa shape index (κ2) is 7.37. The van der Waals surface area contributed by atoms with Crippen molar-refractivity contribution in [2.45, 2.75) is 63.3 Å². The van der Waals surface area contributed by atoms with Crippen LogP contribution in [0, 0.1) is 0 Å². The van der Waals surface area contributed by atoms with Crippen LogP contribution in [0.3, 0.4) is 0 Å². The van der Waals surface area contributed by atoms with Gasteiger partial charge in [0.1, 0.15) is 10.6 Å². The van der Waals surface area contributed by atoms with Crippen molar-refractivity contribution in [3.63, 3.8) is 0 Å². The SMILES string of the molecule is CC(C)Sc1nc(NCc2cccnc2)c2c3c(sc2n1)COC(C)(C)C3. The van der Waals surface area contributed by atoms with Crippen LogP contribution >= 0.6 is 23.1 Å². The van der Waals surface area contributed by atoms with E-state index in [-0.39, 0.29) is 5.60 Å². The molecule has 0 atom stereocenters. The number of anilines is 1. The second-order valence-electron chi connectivity index (χ2n) is 7.65. The summed E-state index contributed by atoms with van der Waals surface area (Å²) in [5.74, 6) is 0.919. The Kier molecular flexibility index (Phi) is 5.09. The molecule has 0 aromatic carbocycles. The zero-order chi connectivity index (χ0) is 19.0. The van der Waals surface area contributed by atoms with Gasteiger partial charge in [0.05, 0.1) is 17.6 Å². The van der Waals surface area contributed by atoms with Crippen molar-refractivity contribution >= 4 is 39.1 Å². The van der Waals surface area contributed by atoms with E-state index < -0.39 is 0 Å². The molecule has 0 saturated heterocycles. The second-order valence-corrected chi connectivity index (χ2v) is 10.3. The lowest BCUT2D eigenvalue weighted by Gasteiger charge is -2.30. The van der Waals surface area contributed by atoms with Crippen molar-refractivity contribution in [1.82, 2.24) is 15.0 Å². The number of hydrogen-bond donors (Lipinski definition) is 1. The number of thioether (sulfide) groups is 1. The third-order valence-electron chi connectivity index (χ3n) is 4.43. The molecule has 0 amide bonds. The Bertz CT molecular complexity index is 954. The molecule has 1 aliphatic rings. The lowest BCUT2D eigenvalue weighted by molar-refractivity contribution is -0.0379. The molecule has 4 rings (SSSR count). The van der Waals surface area contributed by atoms with Gasteiger partial charge in [-0.1, -0.05) is 31.7 Å². The van der Waals surface area contributed by atoms with Gasteiger partial charge in [-0.25, -0.2) is 9.97 Å². The number of thiophene rings is 1. The highest BCUT2D eigenvalue weighted by Crippen LogP contribution is 2.41. The van der Waals surface area contributed by atoms with Gasteiger partial charge in [-0.15, -0.1) is 11.3 Å². The minimum atomic E-state index is -0.160. The van der Waals surface area contributed by atoms with Gasteiger partial charge in [0, 0.05) is 35.5 Å². The molecule has 0 spiro atoms. The maximum Gasteiger partial charge on any atom is 0.191 e. The Morgan fingerprint density at radius 2 is 2.19 bits per heavy atom. The molecule has 7 heteroatoms. The van der Waals surface area contributed by atoms with Crippen LogP contribution in [-0.2, 0) is 24.3 Å². The van der Waals surface area contributed by atoms with E-state index in [1.54, 1.807) is 29.3 Å². The standard InChI is InChI=1S/C20H24N4OS2/c1-12(2)26-19-23-17(22-10-13-6-5-7-21-9-13)16-14-8-20(3,4)25-11-15(14)27-18(16)24-19/h5-7,9,12H,8,10-11H2,1-4H3,(H,22,23,24). The summed E-state index contributed by atoms with van der Waals surface area (Å²) in [6.45, 7) is 9.96. The van der Waals surface area contributed by atoms with Gasteiger partial charge in [0.2, 0.25) is 0 Å². The van der Waals surface area contributed by atoms with E-state index in [0.717, 1.165) is 33.2 Å². The van der Waals surface area contributed by atoms with Gasteiger partial charge in [0.15, 0.2) is 5.16 Å². The van der Waals surface area contributed by atoms with Crippen molar-refractivity contribution in [3.05, 3.63) is 40.5 Å². The summed E-state index contributed by atoms with van der Waals surface area (Å²) in [7, 11) is 0. The minimum Gasteiger partial charge on any atom is -0.370 e. The topological polar surface area (TPSA) is 59.9 Å². The Hall–Kier alpha value is -1.70. The molecule has 3 aromatic heterocycles. The van der Waals surface area contributed by atoms with E-state index in [1.165, 1.54) is 10.4 Å². The van der Waals surface area contributed by atoms with Crippen LogP contribution in [-0.4, -0.2) is 25.8 Å². The summed E-state index contributed by atoms with van der Waals surface area (Å²) < 4.78 is 6.01. The van der Waals surface area contributed by atoms with Gasteiger partial charge in [0.25, 0.3) is 0 Å². The third-order valence-corrected chi connectivity index (χ3v) is 6.40. The van der Waals surface area contributed by atoms with Gasteiger partial charge in [-0.3, -0.25) is 4.98 Å². The number of nitrogens with zero attached hydrogens (tertiary/aromatic N) is 3. The maximum absolute atomic E-state index is 6.01. The van der Waals surface area contributed by atoms with Crippen LogP contribution in [0.5, 0.6) is 0 Å². The molecule has 1 aliphatic heterocycles. The summed E-state index contributed by atoms with van der Waals surface area (Å²) in [6.07, 6.45) is 4.56. The number of ether oxygens (including phenoxy) is 1. The molecule has 0 bridgehead atoms. The molecule has 5 nitrogen and oxygen atoms in total. The number of rotatable bonds is 5. The monoisotopic (exact) mass is 400 g/mol. The van der Waals surface area contributed by atoms with Gasteiger partial charge < -0.3 is 10.1 Å². The van der Waals surface area contributed by atoms with Crippen LogP contribution in [0.15, 0.2) is 29.7 Å². The molecule has 4 heterocycles. The van der Waals surface area contributed by atoms with Crippen molar-refractivity contribution in [3.8, 4) is 0 Å². The molecule has 27 heavy (non-hydrogen) atoms. The molecule has 3 aromatic rings. The van der Waals surface area contributed by atoms with Gasteiger partial charge in [-0.2, -0.15) is 0 Å². The maximum atomic E-state index is 6.01. The van der Waals surface area contributed by atoms with Crippen molar-refractivity contribution in [1.29, 1.82) is 0 Å². The molecule has 0 unspecified atom stereocenters. The number of hydrogen-bond acceptors (Lipinski definition) is 7. The van der Waals surface area contributed by atoms with Crippen LogP contribution < -0.4 is 5.32 Å². The highest BCUT2D eigenvalue weighted by molar-refractivity contribution is 7.99. The first-order valence-electron chi connectivity index (χ1n) is 9.17. The summed E-state index contributed by atoms with van der Waals surface area (Å²) in [4.78, 5) is 16.2. The predicted octanol–water partition coefficient (Wildman–Crippen LogP) is 5.05. The Labute approximate surface area is 168 Å². The summed E-state index contributed by atoms with van der Waals surface area (Å²) in [5.41, 5.74) is 2.31. The number of aromatic nitrogens is 3. The largest absolute Gasteiger partial charge is 0.370 e. The van der Waals surface area contributed by atoms with E-state index in [1.807, 2.05) is 12.3 Å². The van der Waals surface area contributed by atoms with Gasteiger partial charge in [-0.05, 0) is 31.0 Å². The van der Waals surface area contributed by atoms with E-state index in [2.05, 4.69) is 44.1 Å². The van der Waals surface area contributed by atoms with E-state index in [9.17, 15) is 0 Å². The summed E-state index contributed by atoms with van der Waals surface area (Å²) in [5, 5.41) is 5.96. The van der Waals surface area contributed by atoms with Crippen molar-refractivity contribution < 1.29 is 4.74 Å². The van der Waals surface area contributed by atoms with Crippen molar-refractivity contribution in [2.24, 2.45) is 0 Å². The molecule has 142 valence electrons. The third kappa shape index (κ3) is 4.10. The van der Waals surface area contributed by atoms with Crippen LogP contribution in [0.25, 0.3) is 10.2 Å². The zero-order valence-corrected chi connectivity index (χ0v) is 17.7. The Balaban J connectivity index is 1.77. The number of fused-ring (bicyclic) bond motifs is 3. The molecule has 1 N–H and O–H groups in total. The summed E-state index contributed by atoms with van der Waals surface area (Å²) >= 11 is 3.43. The van der Waals surface area contributed by atoms with Crippen LogP contribution in [0.2, 0.25) is 0 Å². The predicted molar refractivity (Wildman–Crippen MR) is 113 cm³/mol. The Morgan fingerprint density at radius 3 is 2.93 bits per heavy atom. The molecule has 0 fully saturated rings. The lowest BCUT2D eigenvalue weighted by Crippen LogP contribution is -2.31. The average Bonchev–Trinajstić information content (AvgIpc) is 2.96. The van der Waals surface area contributed by atoms with Crippen molar-refractivity contribution in [2.75, 3.05) is 5.32 Å². The highest BCUT2D eigenvalue weighted by atomic mass is 32.2. The zero-order valence-electron chi connectivity index (χ0n) is 16.1. The van der Waals surface area contributed by atoms with Crippen LogP contribution in [0.4, 0.5) is 5.82 Å². The Morgan fingerprint density at radius 1 is 1.33 bits per heavy atom. The molecular formula is C20H24N4OS2. The first kappa shape index (κ1) is 18.7. The first-order valence-corrected chi connectivity index (χ1v) is 10.9. The quantitative estimate of drug-likeness (QED) is 0.478. The fourth-order valence-corrected chi connectivity index (χ4v) is 5.08. The molecule has 0 saturated carbocycles. The minimum absolute atomic E-state index is 0.160. The number of pyridine rings is 1. The van der Waals surface area contributed by atoms with Crippen LogP contribution in [0.1, 0.15) is 43.7 Å². The van der Waals surface area contributed by atoms with E-state index in [4.69, 9.17) is 14.7 Å². The van der Waals surface area contributed by atoms with E-state index >= 15 is 0 Å². The fraction of sp³-hybridized carbons (Fsp3) is 0.450. The normalized spacial score (nSPS) is 15.9. The lowest BCUT2D eigenvalue weighted by atomic mass is 9.94. The van der Waals surface area contributed by atoms with Gasteiger partial charge >= 0.3 is 0 Å².